The molecule has 0 amide bonds. The van der Waals surface area contributed by atoms with Crippen LogP contribution in [0.2, 0.25) is 0 Å². The van der Waals surface area contributed by atoms with Crippen LogP contribution in [0, 0.1) is 0 Å². The van der Waals surface area contributed by atoms with E-state index < -0.39 is 0 Å². The third-order valence-electron chi connectivity index (χ3n) is 4.94. The van der Waals surface area contributed by atoms with Gasteiger partial charge < -0.3 is 4.90 Å². The quantitative estimate of drug-likeness (QED) is 0.191. The second-order valence-corrected chi connectivity index (χ2v) is 11.4. The maximum Gasteiger partial charge on any atom is 0 e. The summed E-state index contributed by atoms with van der Waals surface area (Å²) in [5.74, 6) is 0. The molecule has 1 nitrogen and oxygen atoms in total. The van der Waals surface area contributed by atoms with Crippen LogP contribution in [0.25, 0.3) is 10.8 Å². The first-order chi connectivity index (χ1) is 12.9. The molecular formula is C25H37NPRh-. The number of anilines is 1. The van der Waals surface area contributed by atoms with Crippen molar-refractivity contribution in [2.24, 2.45) is 0 Å². The summed E-state index contributed by atoms with van der Waals surface area (Å²) in [4.78, 5) is 2.27. The fourth-order valence-electron chi connectivity index (χ4n) is 3.77. The Morgan fingerprint density at radius 1 is 0.857 bits per heavy atom. The maximum absolute atomic E-state index is 2.37. The van der Waals surface area contributed by atoms with Crippen molar-refractivity contribution in [3.05, 3.63) is 54.6 Å². The number of hydrogen-bond donors (Lipinski definition) is 0. The van der Waals surface area contributed by atoms with Gasteiger partial charge in [0.05, 0.1) is 0 Å². The van der Waals surface area contributed by atoms with Gasteiger partial charge in [0, 0.05) is 19.5 Å². The summed E-state index contributed by atoms with van der Waals surface area (Å²) in [6.45, 7) is 9.47. The van der Waals surface area contributed by atoms with Gasteiger partial charge in [0.2, 0.25) is 0 Å². The number of benzene rings is 1. The Morgan fingerprint density at radius 2 is 1.36 bits per heavy atom. The molecule has 0 bridgehead atoms. The van der Waals surface area contributed by atoms with E-state index in [1.54, 1.807) is 5.30 Å². The summed E-state index contributed by atoms with van der Waals surface area (Å²) in [5.41, 5.74) is 2.86. The average Bonchev–Trinajstić information content (AvgIpc) is 2.94. The van der Waals surface area contributed by atoms with Crippen molar-refractivity contribution in [2.45, 2.75) is 64.7 Å². The smallest absolute Gasteiger partial charge is 0 e. The number of allylic oxidation sites excluding steroid dienone is 4. The molecule has 0 saturated heterocycles. The molecule has 1 aliphatic rings. The van der Waals surface area contributed by atoms with Crippen LogP contribution in [0.4, 0.5) is 5.69 Å². The minimum Gasteiger partial charge on any atom is -0.413 e. The van der Waals surface area contributed by atoms with Crippen LogP contribution in [0.3, 0.4) is 0 Å². The molecule has 0 fully saturated rings. The molecule has 0 aromatic heterocycles. The molecule has 0 aliphatic heterocycles. The van der Waals surface area contributed by atoms with Gasteiger partial charge in [-0.25, -0.2) is 0 Å². The van der Waals surface area contributed by atoms with Crippen molar-refractivity contribution >= 4 is 29.7 Å². The van der Waals surface area contributed by atoms with Crippen LogP contribution in [-0.4, -0.2) is 25.4 Å². The van der Waals surface area contributed by atoms with Crippen molar-refractivity contribution in [1.29, 1.82) is 0 Å². The first-order valence-corrected chi connectivity index (χ1v) is 11.9. The van der Waals surface area contributed by atoms with Crippen molar-refractivity contribution in [2.75, 3.05) is 19.0 Å². The fourth-order valence-corrected chi connectivity index (χ4v) is 7.01. The van der Waals surface area contributed by atoms with Crippen LogP contribution >= 0.6 is 7.92 Å². The summed E-state index contributed by atoms with van der Waals surface area (Å²) in [5, 5.41) is 4.44. The van der Waals surface area contributed by atoms with Gasteiger partial charge in [0.1, 0.15) is 0 Å². The molecule has 3 rings (SSSR count). The van der Waals surface area contributed by atoms with E-state index in [9.17, 15) is 0 Å². The third-order valence-corrected chi connectivity index (χ3v) is 8.15. The van der Waals surface area contributed by atoms with E-state index in [1.165, 1.54) is 42.1 Å². The number of hydrogen-bond acceptors (Lipinski definition) is 1. The zero-order valence-corrected chi connectivity index (χ0v) is 20.9. The summed E-state index contributed by atoms with van der Waals surface area (Å²) in [7, 11) is 4.19. The predicted molar refractivity (Wildman–Crippen MR) is 127 cm³/mol. The summed E-state index contributed by atoms with van der Waals surface area (Å²) < 4.78 is 0. The molecule has 0 atom stereocenters. The predicted octanol–water partition coefficient (Wildman–Crippen LogP) is 7.22. The van der Waals surface area contributed by atoms with Gasteiger partial charge in [-0.3, -0.25) is 0 Å². The van der Waals surface area contributed by atoms with Gasteiger partial charge in [0.25, 0.3) is 0 Å². The minimum atomic E-state index is -0.131. The van der Waals surface area contributed by atoms with Crippen LogP contribution in [0.15, 0.2) is 54.6 Å². The van der Waals surface area contributed by atoms with Crippen LogP contribution < -0.4 is 10.2 Å². The normalized spacial score (nSPS) is 13.9. The fraction of sp³-hybridized carbons (Fsp3) is 0.480. The first-order valence-electron chi connectivity index (χ1n) is 10.4. The number of rotatable bonds is 4. The Bertz CT molecular complexity index is 721. The number of fused-ring (bicyclic) bond motifs is 1. The standard InChI is InChI=1S/C17H25NP.C8H12.Rh/c1-12(2)19(13(3)4)17-15-10-8-7-9-14(15)11-16(17)18(5)6;1-2-4-6-8-7-5-3-1;/h7-13H,1-6H3;1-2,7-8H,3-6H2;/q-1;;. The summed E-state index contributed by atoms with van der Waals surface area (Å²) in [6, 6.07) is 11.2. The molecule has 0 saturated carbocycles. The zero-order chi connectivity index (χ0) is 19.8. The molecule has 0 heterocycles. The summed E-state index contributed by atoms with van der Waals surface area (Å²) in [6.07, 6.45) is 14.0. The zero-order valence-electron chi connectivity index (χ0n) is 18.4. The molecule has 3 heteroatoms. The third kappa shape index (κ3) is 6.89. The van der Waals surface area contributed by atoms with E-state index in [-0.39, 0.29) is 27.4 Å². The molecule has 28 heavy (non-hydrogen) atoms. The van der Waals surface area contributed by atoms with Gasteiger partial charge in [-0.05, 0) is 56.8 Å². The van der Waals surface area contributed by atoms with E-state index in [0.29, 0.717) is 0 Å². The van der Waals surface area contributed by atoms with Crippen LogP contribution in [-0.2, 0) is 19.5 Å². The van der Waals surface area contributed by atoms with Gasteiger partial charge in [-0.2, -0.15) is 0 Å². The SMILES string of the molecule is C1=CCCC=CCC1.CC(C)P(c1c(N(C)C)c[c-]2ccccc12)C(C)C.[Rh]. The first kappa shape index (κ1) is 25.2. The number of nitrogens with zero attached hydrogens (tertiary/aromatic N) is 1. The van der Waals surface area contributed by atoms with E-state index >= 15 is 0 Å². The molecule has 1 radical (unpaired) electrons. The van der Waals surface area contributed by atoms with Gasteiger partial charge in [0.15, 0.2) is 0 Å². The Kier molecular flexibility index (Phi) is 11.4. The second kappa shape index (κ2) is 12.7. The molecule has 157 valence electrons. The Labute approximate surface area is 187 Å². The van der Waals surface area contributed by atoms with E-state index in [0.717, 1.165) is 11.3 Å². The maximum atomic E-state index is 2.37. The molecular weight excluding hydrogens is 448 g/mol. The van der Waals surface area contributed by atoms with E-state index in [2.05, 4.69) is 101 Å². The van der Waals surface area contributed by atoms with Crippen molar-refractivity contribution in [3.63, 3.8) is 0 Å². The topological polar surface area (TPSA) is 3.24 Å². The van der Waals surface area contributed by atoms with Crippen molar-refractivity contribution in [3.8, 4) is 0 Å². The molecule has 0 unspecified atom stereocenters. The Balaban J connectivity index is 0.000000367. The monoisotopic (exact) mass is 485 g/mol. The molecule has 2 aromatic carbocycles. The Hall–Kier alpha value is -0.837. The van der Waals surface area contributed by atoms with E-state index in [4.69, 9.17) is 0 Å². The van der Waals surface area contributed by atoms with Crippen molar-refractivity contribution < 1.29 is 19.5 Å². The van der Waals surface area contributed by atoms with E-state index in [1.807, 2.05) is 0 Å². The average molecular weight is 485 g/mol. The molecule has 1 aliphatic carbocycles. The molecule has 2 aromatic rings. The molecule has 0 N–H and O–H groups in total. The van der Waals surface area contributed by atoms with Crippen LogP contribution in [0.5, 0.6) is 0 Å². The molecule has 0 spiro atoms. The second-order valence-electron chi connectivity index (χ2n) is 8.05. The van der Waals surface area contributed by atoms with Gasteiger partial charge in [-0.1, -0.05) is 62.7 Å². The largest absolute Gasteiger partial charge is 0.413 e. The Morgan fingerprint density at radius 3 is 1.79 bits per heavy atom. The van der Waals surface area contributed by atoms with Crippen molar-refractivity contribution in [1.82, 2.24) is 0 Å². The van der Waals surface area contributed by atoms with Gasteiger partial charge >= 0.3 is 0 Å². The van der Waals surface area contributed by atoms with Gasteiger partial charge in [-0.15, -0.1) is 43.6 Å². The summed E-state index contributed by atoms with van der Waals surface area (Å²) >= 11 is 0. The minimum absolute atomic E-state index is 0. The van der Waals surface area contributed by atoms with Crippen LogP contribution in [0.1, 0.15) is 53.4 Å².